The van der Waals surface area contributed by atoms with E-state index in [1.807, 2.05) is 29.6 Å². The van der Waals surface area contributed by atoms with Crippen LogP contribution < -0.4 is 21.0 Å². The summed E-state index contributed by atoms with van der Waals surface area (Å²) in [5.74, 6) is 1.50. The van der Waals surface area contributed by atoms with Crippen LogP contribution in [0.5, 0.6) is 0 Å². The fourth-order valence-corrected chi connectivity index (χ4v) is 3.93. The normalized spacial score (nSPS) is 14.6. The lowest BCUT2D eigenvalue weighted by molar-refractivity contribution is 0.605. The molecule has 0 bridgehead atoms. The summed E-state index contributed by atoms with van der Waals surface area (Å²) >= 11 is 1.64. The lowest BCUT2D eigenvalue weighted by atomic mass is 10.3. The minimum absolute atomic E-state index is 0.287. The summed E-state index contributed by atoms with van der Waals surface area (Å²) in [5, 5.41) is 10.7. The number of hydrogen-bond donors (Lipinski definition) is 0. The van der Waals surface area contributed by atoms with Gasteiger partial charge in [0.15, 0.2) is 5.82 Å². The van der Waals surface area contributed by atoms with Crippen molar-refractivity contribution < 1.29 is 0 Å². The Morgan fingerprint density at radius 1 is 0.926 bits per heavy atom. The zero-order valence-corrected chi connectivity index (χ0v) is 16.0. The Bertz CT molecular complexity index is 1050. The molecule has 140 valence electrons. The first-order valence-electron chi connectivity index (χ1n) is 8.69. The van der Waals surface area contributed by atoms with Crippen molar-refractivity contribution in [1.29, 1.82) is 0 Å². The second-order valence-electron chi connectivity index (χ2n) is 6.47. The summed E-state index contributed by atoms with van der Waals surface area (Å²) in [6.45, 7) is 2.90. The highest BCUT2D eigenvalue weighted by molar-refractivity contribution is 7.13. The van der Waals surface area contributed by atoms with E-state index >= 15 is 0 Å². The van der Waals surface area contributed by atoms with Gasteiger partial charge in [-0.25, -0.2) is 4.79 Å². The number of anilines is 2. The molecule has 1 saturated heterocycles. The Balaban J connectivity index is 1.48. The second-order valence-corrected chi connectivity index (χ2v) is 7.42. The van der Waals surface area contributed by atoms with E-state index in [1.165, 1.54) is 17.7 Å². The molecular weight excluding hydrogens is 364 g/mol. The van der Waals surface area contributed by atoms with Crippen molar-refractivity contribution in [3.8, 4) is 10.6 Å². The van der Waals surface area contributed by atoms with E-state index in [2.05, 4.69) is 20.0 Å². The summed E-state index contributed by atoms with van der Waals surface area (Å²) in [5.41, 5.74) is 0.281. The predicted octanol–water partition coefficient (Wildman–Crippen LogP) is 0.929. The molecule has 8 nitrogen and oxygen atoms in total. The molecule has 0 N–H and O–H groups in total. The summed E-state index contributed by atoms with van der Waals surface area (Å²) in [4.78, 5) is 29.4. The molecule has 0 radical (unpaired) electrons. The van der Waals surface area contributed by atoms with E-state index < -0.39 is 0 Å². The van der Waals surface area contributed by atoms with E-state index in [-0.39, 0.29) is 11.2 Å². The van der Waals surface area contributed by atoms with Crippen LogP contribution in [0.15, 0.2) is 45.3 Å². The van der Waals surface area contributed by atoms with Gasteiger partial charge in [0.25, 0.3) is 5.56 Å². The van der Waals surface area contributed by atoms with Crippen molar-refractivity contribution in [1.82, 2.24) is 19.3 Å². The van der Waals surface area contributed by atoms with Gasteiger partial charge in [0.05, 0.1) is 4.88 Å². The second kappa shape index (κ2) is 6.99. The third-order valence-electron chi connectivity index (χ3n) is 4.85. The van der Waals surface area contributed by atoms with E-state index in [0.717, 1.165) is 34.0 Å². The largest absolute Gasteiger partial charge is 0.354 e. The van der Waals surface area contributed by atoms with Crippen molar-refractivity contribution in [2.75, 3.05) is 36.0 Å². The highest BCUT2D eigenvalue weighted by atomic mass is 32.1. The summed E-state index contributed by atoms with van der Waals surface area (Å²) in [6.07, 6.45) is 0. The van der Waals surface area contributed by atoms with E-state index in [4.69, 9.17) is 0 Å². The summed E-state index contributed by atoms with van der Waals surface area (Å²) in [7, 11) is 3.18. The number of aromatic nitrogens is 4. The van der Waals surface area contributed by atoms with Gasteiger partial charge in [-0.2, -0.15) is 0 Å². The van der Waals surface area contributed by atoms with Crippen LogP contribution in [0.4, 0.5) is 11.6 Å². The molecule has 0 unspecified atom stereocenters. The zero-order chi connectivity index (χ0) is 19.0. The minimum Gasteiger partial charge on any atom is -0.354 e. The zero-order valence-electron chi connectivity index (χ0n) is 15.2. The molecule has 1 aliphatic heterocycles. The van der Waals surface area contributed by atoms with Gasteiger partial charge < -0.3 is 9.80 Å². The molecule has 0 amide bonds. The quantitative estimate of drug-likeness (QED) is 0.669. The number of thiophene rings is 1. The van der Waals surface area contributed by atoms with Crippen LogP contribution >= 0.6 is 11.3 Å². The molecule has 0 atom stereocenters. The van der Waals surface area contributed by atoms with Gasteiger partial charge in [0.1, 0.15) is 11.5 Å². The average molecular weight is 384 g/mol. The van der Waals surface area contributed by atoms with Crippen molar-refractivity contribution >= 4 is 23.0 Å². The number of piperazine rings is 1. The first-order chi connectivity index (χ1) is 13.0. The molecule has 4 heterocycles. The SMILES string of the molecule is Cn1c(N2CCN(c3ccc(-c4cccs4)nn3)CC2)cc(=O)n(C)c1=O. The van der Waals surface area contributed by atoms with Gasteiger partial charge in [-0.15, -0.1) is 21.5 Å². The van der Waals surface area contributed by atoms with Crippen LogP contribution in [0.1, 0.15) is 0 Å². The van der Waals surface area contributed by atoms with Gasteiger partial charge in [-0.1, -0.05) is 6.07 Å². The lowest BCUT2D eigenvalue weighted by Gasteiger charge is -2.36. The van der Waals surface area contributed by atoms with E-state index in [1.54, 1.807) is 18.4 Å². The molecule has 1 aliphatic rings. The predicted molar refractivity (Wildman–Crippen MR) is 107 cm³/mol. The molecule has 0 spiro atoms. The third-order valence-corrected chi connectivity index (χ3v) is 5.74. The molecular formula is C18H20N6O2S. The van der Waals surface area contributed by atoms with Gasteiger partial charge in [-0.05, 0) is 23.6 Å². The lowest BCUT2D eigenvalue weighted by Crippen LogP contribution is -2.49. The molecule has 0 aliphatic carbocycles. The number of hydrogen-bond acceptors (Lipinski definition) is 7. The van der Waals surface area contributed by atoms with Crippen molar-refractivity contribution in [3.05, 3.63) is 56.5 Å². The highest BCUT2D eigenvalue weighted by Crippen LogP contribution is 2.23. The topological polar surface area (TPSA) is 76.3 Å². The molecule has 27 heavy (non-hydrogen) atoms. The maximum Gasteiger partial charge on any atom is 0.332 e. The van der Waals surface area contributed by atoms with Crippen molar-refractivity contribution in [2.24, 2.45) is 14.1 Å². The summed E-state index contributed by atoms with van der Waals surface area (Å²) in [6, 6.07) is 9.53. The molecule has 3 aromatic heterocycles. The summed E-state index contributed by atoms with van der Waals surface area (Å²) < 4.78 is 2.64. The van der Waals surface area contributed by atoms with E-state index in [0.29, 0.717) is 18.9 Å². The van der Waals surface area contributed by atoms with Crippen molar-refractivity contribution in [3.63, 3.8) is 0 Å². The van der Waals surface area contributed by atoms with Gasteiger partial charge in [-0.3, -0.25) is 13.9 Å². The van der Waals surface area contributed by atoms with Gasteiger partial charge in [0, 0.05) is 46.3 Å². The third kappa shape index (κ3) is 3.25. The smallest absolute Gasteiger partial charge is 0.332 e. The molecule has 4 rings (SSSR count). The molecule has 3 aromatic rings. The molecule has 1 fully saturated rings. The fourth-order valence-electron chi connectivity index (χ4n) is 3.24. The Morgan fingerprint density at radius 2 is 1.67 bits per heavy atom. The van der Waals surface area contributed by atoms with Gasteiger partial charge >= 0.3 is 5.69 Å². The standard InChI is InChI=1S/C18H20N6O2S/c1-21-16(12-17(25)22(2)18(21)26)24-9-7-23(8-10-24)15-6-5-13(19-20-15)14-4-3-11-27-14/h3-6,11-12H,7-10H2,1-2H3. The van der Waals surface area contributed by atoms with Crippen LogP contribution in [-0.2, 0) is 14.1 Å². The first kappa shape index (κ1) is 17.5. The first-order valence-corrected chi connectivity index (χ1v) is 9.57. The maximum absolute atomic E-state index is 12.1. The Hall–Kier alpha value is -2.94. The fraction of sp³-hybridized carbons (Fsp3) is 0.333. The highest BCUT2D eigenvalue weighted by Gasteiger charge is 2.21. The molecule has 0 aromatic carbocycles. The monoisotopic (exact) mass is 384 g/mol. The van der Waals surface area contributed by atoms with Gasteiger partial charge in [0.2, 0.25) is 0 Å². The number of rotatable bonds is 3. The minimum atomic E-state index is -0.310. The Labute approximate surface area is 159 Å². The van der Waals surface area contributed by atoms with Crippen LogP contribution in [0.3, 0.4) is 0 Å². The number of nitrogens with zero attached hydrogens (tertiary/aromatic N) is 6. The maximum atomic E-state index is 12.1. The van der Waals surface area contributed by atoms with Crippen LogP contribution in [-0.4, -0.2) is 45.5 Å². The Kier molecular flexibility index (Phi) is 4.53. The molecule has 0 saturated carbocycles. The van der Waals surface area contributed by atoms with Crippen molar-refractivity contribution in [2.45, 2.75) is 0 Å². The van der Waals surface area contributed by atoms with Crippen LogP contribution in [0.25, 0.3) is 10.6 Å². The van der Waals surface area contributed by atoms with E-state index in [9.17, 15) is 9.59 Å². The average Bonchev–Trinajstić information content (AvgIpc) is 3.24. The van der Waals surface area contributed by atoms with Crippen LogP contribution in [0, 0.1) is 0 Å². The van der Waals surface area contributed by atoms with Crippen LogP contribution in [0.2, 0.25) is 0 Å². The molecule has 9 heteroatoms. The Morgan fingerprint density at radius 3 is 2.30 bits per heavy atom.